The molecule has 3 heteroatoms. The van der Waals surface area contributed by atoms with Crippen LogP contribution in [0, 0.1) is 41.4 Å². The average Bonchev–Trinajstić information content (AvgIpc) is 2.97. The molecular weight excluding hydrogens is 442 g/mol. The number of ether oxygens (including phenoxy) is 2. The Morgan fingerprint density at radius 2 is 1.33 bits per heavy atom. The molecule has 8 atom stereocenters. The fourth-order valence-electron chi connectivity index (χ4n) is 11.0. The van der Waals surface area contributed by atoms with Crippen LogP contribution < -0.4 is 0 Å². The van der Waals surface area contributed by atoms with Crippen molar-refractivity contribution < 1.29 is 9.47 Å². The van der Waals surface area contributed by atoms with Crippen LogP contribution in [0.15, 0.2) is 12.2 Å². The van der Waals surface area contributed by atoms with E-state index >= 15 is 0 Å². The van der Waals surface area contributed by atoms with Gasteiger partial charge in [0, 0.05) is 25.0 Å². The second-order valence-electron chi connectivity index (χ2n) is 14.1. The molecule has 0 spiro atoms. The van der Waals surface area contributed by atoms with Crippen molar-refractivity contribution in [3.8, 4) is 0 Å². The minimum absolute atomic E-state index is 0.0410. The summed E-state index contributed by atoms with van der Waals surface area (Å²) in [7, 11) is 0. The predicted molar refractivity (Wildman–Crippen MR) is 146 cm³/mol. The molecule has 2 aliphatic heterocycles. The normalized spacial score (nSPS) is 50.1. The SMILES string of the molecule is C1=CC(C2CCC(N3CCOCC3)CC2)(C2CCCC3CCCCC32)OC2CCC3CCCCC3C12. The van der Waals surface area contributed by atoms with Gasteiger partial charge in [-0.3, -0.25) is 4.90 Å². The predicted octanol–water partition coefficient (Wildman–Crippen LogP) is 7.39. The van der Waals surface area contributed by atoms with Crippen LogP contribution in [0.5, 0.6) is 0 Å². The fourth-order valence-corrected chi connectivity index (χ4v) is 11.0. The third-order valence-corrected chi connectivity index (χ3v) is 12.7. The highest BCUT2D eigenvalue weighted by Crippen LogP contribution is 2.57. The molecule has 0 bridgehead atoms. The van der Waals surface area contributed by atoms with E-state index in [4.69, 9.17) is 9.47 Å². The van der Waals surface area contributed by atoms with Gasteiger partial charge >= 0.3 is 0 Å². The highest BCUT2D eigenvalue weighted by Gasteiger charge is 2.55. The number of nitrogens with zero attached hydrogens (tertiary/aromatic N) is 1. The van der Waals surface area contributed by atoms with Gasteiger partial charge in [0.1, 0.15) is 0 Å². The van der Waals surface area contributed by atoms with Crippen molar-refractivity contribution in [2.75, 3.05) is 26.3 Å². The van der Waals surface area contributed by atoms with Gasteiger partial charge in [-0.2, -0.15) is 0 Å². The summed E-state index contributed by atoms with van der Waals surface area (Å²) in [6.45, 7) is 4.17. The molecule has 202 valence electrons. The van der Waals surface area contributed by atoms with Crippen LogP contribution >= 0.6 is 0 Å². The summed E-state index contributed by atoms with van der Waals surface area (Å²) in [5.74, 6) is 6.05. The van der Waals surface area contributed by atoms with Crippen LogP contribution in [-0.2, 0) is 9.47 Å². The summed E-state index contributed by atoms with van der Waals surface area (Å²) in [6.07, 6.45) is 30.6. The van der Waals surface area contributed by atoms with E-state index in [9.17, 15) is 0 Å². The van der Waals surface area contributed by atoms with Crippen molar-refractivity contribution in [3.05, 3.63) is 12.2 Å². The summed E-state index contributed by atoms with van der Waals surface area (Å²) in [4.78, 5) is 2.75. The number of morpholine rings is 1. The van der Waals surface area contributed by atoms with Crippen molar-refractivity contribution in [1.82, 2.24) is 4.90 Å². The maximum Gasteiger partial charge on any atom is 0.0925 e. The van der Waals surface area contributed by atoms with E-state index in [2.05, 4.69) is 17.1 Å². The van der Waals surface area contributed by atoms with Crippen LogP contribution in [0.4, 0.5) is 0 Å². The Hall–Kier alpha value is -0.380. The van der Waals surface area contributed by atoms with Gasteiger partial charge in [-0.1, -0.05) is 63.5 Å². The molecule has 0 radical (unpaired) electrons. The summed E-state index contributed by atoms with van der Waals surface area (Å²) in [6, 6.07) is 0.786. The standard InChI is InChI=1S/C33H53NO2/c1-3-9-28-25(7-1)12-17-32-30(28)18-19-33(36-32,31-11-5-8-24-6-2-4-10-29(24)31)26-13-15-27(16-14-26)34-20-22-35-23-21-34/h18-19,24-32H,1-17,20-23H2. The first-order chi connectivity index (χ1) is 17.8. The highest BCUT2D eigenvalue weighted by molar-refractivity contribution is 5.19. The van der Waals surface area contributed by atoms with Crippen LogP contribution in [0.1, 0.15) is 109 Å². The van der Waals surface area contributed by atoms with Gasteiger partial charge < -0.3 is 9.47 Å². The number of hydrogen-bond donors (Lipinski definition) is 0. The topological polar surface area (TPSA) is 21.7 Å². The van der Waals surface area contributed by atoms with E-state index in [0.29, 0.717) is 12.0 Å². The number of fused-ring (bicyclic) bond motifs is 4. The van der Waals surface area contributed by atoms with Crippen molar-refractivity contribution >= 4 is 0 Å². The first-order valence-corrected chi connectivity index (χ1v) is 16.5. The molecule has 0 N–H and O–H groups in total. The zero-order valence-electron chi connectivity index (χ0n) is 23.0. The fraction of sp³-hybridized carbons (Fsp3) is 0.939. The molecule has 8 unspecified atom stereocenters. The maximum atomic E-state index is 7.72. The molecule has 36 heavy (non-hydrogen) atoms. The summed E-state index contributed by atoms with van der Waals surface area (Å²) in [5, 5.41) is 0. The first kappa shape index (κ1) is 24.6. The smallest absolute Gasteiger partial charge is 0.0925 e. The average molecular weight is 496 g/mol. The Kier molecular flexibility index (Phi) is 7.29. The van der Waals surface area contributed by atoms with Gasteiger partial charge in [-0.25, -0.2) is 0 Å². The van der Waals surface area contributed by atoms with Crippen molar-refractivity contribution in [1.29, 1.82) is 0 Å². The molecule has 5 saturated carbocycles. The molecule has 7 aliphatic rings. The zero-order valence-corrected chi connectivity index (χ0v) is 23.0. The molecule has 0 aromatic rings. The molecule has 2 heterocycles. The molecule has 3 nitrogen and oxygen atoms in total. The lowest BCUT2D eigenvalue weighted by Crippen LogP contribution is -2.58. The lowest BCUT2D eigenvalue weighted by molar-refractivity contribution is -0.200. The largest absolute Gasteiger partial charge is 0.379 e. The van der Waals surface area contributed by atoms with Crippen LogP contribution in [0.3, 0.4) is 0 Å². The summed E-state index contributed by atoms with van der Waals surface area (Å²) < 4.78 is 13.4. The van der Waals surface area contributed by atoms with E-state index in [1.807, 2.05) is 0 Å². The molecule has 1 saturated heterocycles. The maximum absolute atomic E-state index is 7.72. The van der Waals surface area contributed by atoms with Crippen molar-refractivity contribution in [2.45, 2.75) is 127 Å². The first-order valence-electron chi connectivity index (χ1n) is 16.5. The van der Waals surface area contributed by atoms with E-state index in [1.54, 1.807) is 0 Å². The van der Waals surface area contributed by atoms with Crippen LogP contribution in [-0.4, -0.2) is 49.0 Å². The van der Waals surface area contributed by atoms with Gasteiger partial charge in [0.15, 0.2) is 0 Å². The van der Waals surface area contributed by atoms with Gasteiger partial charge in [-0.05, 0) is 93.3 Å². The highest BCUT2D eigenvalue weighted by atomic mass is 16.5. The van der Waals surface area contributed by atoms with E-state index in [1.165, 1.54) is 109 Å². The molecule has 5 aliphatic carbocycles. The lowest BCUT2D eigenvalue weighted by atomic mass is 9.55. The van der Waals surface area contributed by atoms with Crippen LogP contribution in [0.25, 0.3) is 0 Å². The number of hydrogen-bond acceptors (Lipinski definition) is 3. The number of rotatable bonds is 3. The minimum Gasteiger partial charge on any atom is -0.379 e. The lowest BCUT2D eigenvalue weighted by Gasteiger charge is -2.58. The quantitative estimate of drug-likeness (QED) is 0.381. The van der Waals surface area contributed by atoms with Gasteiger partial charge in [0.25, 0.3) is 0 Å². The van der Waals surface area contributed by atoms with E-state index in [0.717, 1.165) is 67.9 Å². The monoisotopic (exact) mass is 495 g/mol. The van der Waals surface area contributed by atoms with E-state index in [-0.39, 0.29) is 5.60 Å². The Bertz CT molecular complexity index is 766. The van der Waals surface area contributed by atoms with Gasteiger partial charge in [0.2, 0.25) is 0 Å². The summed E-state index contributed by atoms with van der Waals surface area (Å²) >= 11 is 0. The Balaban J connectivity index is 1.16. The zero-order chi connectivity index (χ0) is 24.0. The van der Waals surface area contributed by atoms with Crippen molar-refractivity contribution in [3.63, 3.8) is 0 Å². The minimum atomic E-state index is 0.0410. The molecular formula is C33H53NO2. The third-order valence-electron chi connectivity index (χ3n) is 12.7. The van der Waals surface area contributed by atoms with Crippen molar-refractivity contribution in [2.24, 2.45) is 41.4 Å². The molecule has 0 aromatic heterocycles. The second-order valence-corrected chi connectivity index (χ2v) is 14.1. The Morgan fingerprint density at radius 1 is 0.639 bits per heavy atom. The molecule has 6 fully saturated rings. The third kappa shape index (κ3) is 4.45. The Morgan fingerprint density at radius 3 is 2.14 bits per heavy atom. The molecule has 7 rings (SSSR count). The van der Waals surface area contributed by atoms with Gasteiger partial charge in [-0.15, -0.1) is 0 Å². The van der Waals surface area contributed by atoms with E-state index < -0.39 is 0 Å². The molecule has 0 amide bonds. The Labute approximate surface area is 221 Å². The van der Waals surface area contributed by atoms with Crippen LogP contribution in [0.2, 0.25) is 0 Å². The molecule has 0 aromatic carbocycles. The summed E-state index contributed by atoms with van der Waals surface area (Å²) in [5.41, 5.74) is 0.0410. The second kappa shape index (κ2) is 10.6. The van der Waals surface area contributed by atoms with Gasteiger partial charge in [0.05, 0.1) is 24.9 Å².